The lowest BCUT2D eigenvalue weighted by molar-refractivity contribution is -0.158. The Morgan fingerprint density at radius 3 is 1.50 bits per heavy atom. The van der Waals surface area contributed by atoms with Crippen LogP contribution in [0.2, 0.25) is 0 Å². The number of hydrogen-bond acceptors (Lipinski definition) is 6. The van der Waals surface area contributed by atoms with Crippen molar-refractivity contribution in [1.29, 1.82) is 0 Å². The van der Waals surface area contributed by atoms with Gasteiger partial charge >= 0.3 is 11.9 Å². The highest BCUT2D eigenvalue weighted by atomic mass is 16.6. The van der Waals surface area contributed by atoms with E-state index in [2.05, 4.69) is 9.47 Å². The fraction of sp³-hybridized carbons (Fsp3) is 0.600. The van der Waals surface area contributed by atoms with Gasteiger partial charge in [0.1, 0.15) is 13.2 Å². The van der Waals surface area contributed by atoms with E-state index >= 15 is 0 Å². The van der Waals surface area contributed by atoms with Crippen molar-refractivity contribution in [3.05, 3.63) is 0 Å². The van der Waals surface area contributed by atoms with Crippen LogP contribution in [0.3, 0.4) is 0 Å². The number of ether oxygens (including phenoxy) is 2. The van der Waals surface area contributed by atoms with E-state index in [-0.39, 0.29) is 50.8 Å². The summed E-state index contributed by atoms with van der Waals surface area (Å²) >= 11 is 0. The molecule has 2 amide bonds. The van der Waals surface area contributed by atoms with Crippen molar-refractivity contribution < 1.29 is 28.7 Å². The van der Waals surface area contributed by atoms with Crippen LogP contribution >= 0.6 is 0 Å². The summed E-state index contributed by atoms with van der Waals surface area (Å²) in [5.74, 6) is -1.64. The second-order valence-electron chi connectivity index (χ2n) is 3.37. The zero-order valence-electron chi connectivity index (χ0n) is 9.85. The normalized spacial score (nSPS) is 15.1. The van der Waals surface area contributed by atoms with Crippen LogP contribution in [0.1, 0.15) is 25.7 Å². The molecule has 1 heterocycles. The van der Waals surface area contributed by atoms with Crippen LogP contribution in [0.25, 0.3) is 0 Å². The summed E-state index contributed by atoms with van der Waals surface area (Å²) in [6.45, 7) is 0.370. The van der Waals surface area contributed by atoms with Crippen molar-refractivity contribution >= 4 is 23.8 Å². The SMILES string of the molecule is NC(=O)CCC(N)=O.O=C1CCC(=O)OCCO1. The zero-order valence-corrected chi connectivity index (χ0v) is 9.85. The largest absolute Gasteiger partial charge is 0.462 e. The molecule has 0 aliphatic carbocycles. The molecule has 0 aromatic heterocycles. The molecule has 0 aromatic rings. The number of esters is 2. The molecule has 8 heteroatoms. The molecule has 1 fully saturated rings. The van der Waals surface area contributed by atoms with Gasteiger partial charge in [-0.15, -0.1) is 0 Å². The van der Waals surface area contributed by atoms with Crippen LogP contribution < -0.4 is 11.5 Å². The average Bonchev–Trinajstić information content (AvgIpc) is 2.28. The maximum absolute atomic E-state index is 10.6. The predicted molar refractivity (Wildman–Crippen MR) is 58.8 cm³/mol. The lowest BCUT2D eigenvalue weighted by Gasteiger charge is -2.09. The van der Waals surface area contributed by atoms with Gasteiger partial charge in [0.15, 0.2) is 0 Å². The first-order valence-corrected chi connectivity index (χ1v) is 5.29. The minimum Gasteiger partial charge on any atom is -0.462 e. The molecule has 0 spiro atoms. The molecule has 18 heavy (non-hydrogen) atoms. The number of carbonyl (C=O) groups excluding carboxylic acids is 4. The maximum atomic E-state index is 10.6. The maximum Gasteiger partial charge on any atom is 0.306 e. The van der Waals surface area contributed by atoms with Crippen molar-refractivity contribution in [2.45, 2.75) is 25.7 Å². The lowest BCUT2D eigenvalue weighted by Crippen LogP contribution is -2.18. The zero-order chi connectivity index (χ0) is 14.0. The Hall–Kier alpha value is -2.12. The number of hydrogen-bond donors (Lipinski definition) is 2. The van der Waals surface area contributed by atoms with E-state index in [0.717, 1.165) is 0 Å². The molecule has 0 atom stereocenters. The van der Waals surface area contributed by atoms with Gasteiger partial charge in [0.25, 0.3) is 0 Å². The fourth-order valence-corrected chi connectivity index (χ4v) is 0.906. The standard InChI is InChI=1S/C6H8O4.C4H8N2O2/c7-5-1-2-6(8)10-4-3-9-5;5-3(7)1-2-4(6)8/h1-4H2;1-2H2,(H2,5,7)(H2,6,8). The van der Waals surface area contributed by atoms with Crippen LogP contribution in [0.4, 0.5) is 0 Å². The van der Waals surface area contributed by atoms with Crippen molar-refractivity contribution in [2.75, 3.05) is 13.2 Å². The van der Waals surface area contributed by atoms with Gasteiger partial charge in [0.05, 0.1) is 12.8 Å². The van der Waals surface area contributed by atoms with Gasteiger partial charge in [0.2, 0.25) is 11.8 Å². The first-order valence-electron chi connectivity index (χ1n) is 5.29. The molecule has 4 N–H and O–H groups in total. The third kappa shape index (κ3) is 10.4. The van der Waals surface area contributed by atoms with Gasteiger partial charge in [-0.05, 0) is 0 Å². The third-order valence-corrected chi connectivity index (χ3v) is 1.76. The molecule has 1 rings (SSSR count). The molecule has 1 saturated heterocycles. The smallest absolute Gasteiger partial charge is 0.306 e. The monoisotopic (exact) mass is 260 g/mol. The third-order valence-electron chi connectivity index (χ3n) is 1.76. The number of cyclic esters (lactones) is 2. The minimum absolute atomic E-state index is 0.0509. The van der Waals surface area contributed by atoms with Crippen molar-refractivity contribution in [3.8, 4) is 0 Å². The minimum atomic E-state index is -0.496. The van der Waals surface area contributed by atoms with E-state index in [1.165, 1.54) is 0 Å². The van der Waals surface area contributed by atoms with Crippen molar-refractivity contribution in [2.24, 2.45) is 11.5 Å². The highest BCUT2D eigenvalue weighted by Gasteiger charge is 2.12. The van der Waals surface area contributed by atoms with Crippen LogP contribution in [0.5, 0.6) is 0 Å². The Bertz CT molecular complexity index is 296. The molecule has 0 bridgehead atoms. The van der Waals surface area contributed by atoms with Crippen LogP contribution in [-0.4, -0.2) is 37.0 Å². The average molecular weight is 260 g/mol. The quantitative estimate of drug-likeness (QED) is 0.598. The van der Waals surface area contributed by atoms with Crippen molar-refractivity contribution in [1.82, 2.24) is 0 Å². The van der Waals surface area contributed by atoms with Crippen LogP contribution in [-0.2, 0) is 28.7 Å². The Morgan fingerprint density at radius 2 is 1.22 bits per heavy atom. The van der Waals surface area contributed by atoms with Gasteiger partial charge in [-0.25, -0.2) is 0 Å². The summed E-state index contributed by atoms with van der Waals surface area (Å²) < 4.78 is 9.23. The highest BCUT2D eigenvalue weighted by molar-refractivity contribution is 5.81. The summed E-state index contributed by atoms with van der Waals surface area (Å²) in [7, 11) is 0. The van der Waals surface area contributed by atoms with Crippen molar-refractivity contribution in [3.63, 3.8) is 0 Å². The van der Waals surface area contributed by atoms with E-state index in [0.29, 0.717) is 0 Å². The lowest BCUT2D eigenvalue weighted by atomic mass is 10.3. The van der Waals surface area contributed by atoms with Gasteiger partial charge in [-0.2, -0.15) is 0 Å². The van der Waals surface area contributed by atoms with E-state index in [9.17, 15) is 19.2 Å². The van der Waals surface area contributed by atoms with E-state index < -0.39 is 11.8 Å². The second-order valence-corrected chi connectivity index (χ2v) is 3.37. The molecule has 0 unspecified atom stereocenters. The van der Waals surface area contributed by atoms with E-state index in [4.69, 9.17) is 11.5 Å². The Kier molecular flexibility index (Phi) is 7.91. The highest BCUT2D eigenvalue weighted by Crippen LogP contribution is 1.99. The number of nitrogens with two attached hydrogens (primary N) is 2. The van der Waals surface area contributed by atoms with Gasteiger partial charge in [-0.3, -0.25) is 19.2 Å². The summed E-state index contributed by atoms with van der Waals surface area (Å²) in [6.07, 6.45) is 0.377. The number of amides is 2. The van der Waals surface area contributed by atoms with Crippen LogP contribution in [0.15, 0.2) is 0 Å². The fourth-order valence-electron chi connectivity index (χ4n) is 0.906. The Labute approximate surface area is 104 Å². The van der Waals surface area contributed by atoms with E-state index in [1.54, 1.807) is 0 Å². The Balaban J connectivity index is 0.000000331. The second kappa shape index (κ2) is 8.97. The van der Waals surface area contributed by atoms with Gasteiger partial charge in [0, 0.05) is 12.8 Å². The molecule has 0 saturated carbocycles. The molecular weight excluding hydrogens is 244 g/mol. The first-order chi connectivity index (χ1) is 8.41. The van der Waals surface area contributed by atoms with Gasteiger partial charge in [-0.1, -0.05) is 0 Å². The topological polar surface area (TPSA) is 139 Å². The van der Waals surface area contributed by atoms with Crippen LogP contribution in [0, 0.1) is 0 Å². The Morgan fingerprint density at radius 1 is 0.889 bits per heavy atom. The molecule has 0 aromatic carbocycles. The molecule has 8 nitrogen and oxygen atoms in total. The molecule has 1 aliphatic rings. The molecule has 0 radical (unpaired) electrons. The van der Waals surface area contributed by atoms with E-state index in [1.807, 2.05) is 0 Å². The first kappa shape index (κ1) is 15.9. The van der Waals surface area contributed by atoms with Gasteiger partial charge < -0.3 is 20.9 Å². The number of carbonyl (C=O) groups is 4. The summed E-state index contributed by atoms with van der Waals surface area (Å²) in [4.78, 5) is 40.9. The predicted octanol–water partition coefficient (Wildman–Crippen LogP) is -1.40. The molecular formula is C10H16N2O6. The number of rotatable bonds is 3. The number of primary amides is 2. The summed E-state index contributed by atoms with van der Waals surface area (Å²) in [6, 6.07) is 0. The molecule has 102 valence electrons. The summed E-state index contributed by atoms with van der Waals surface area (Å²) in [5.41, 5.74) is 9.39. The summed E-state index contributed by atoms with van der Waals surface area (Å²) in [5, 5.41) is 0. The molecule has 1 aliphatic heterocycles.